The number of methoxy groups -OCH3 is 2. The van der Waals surface area contributed by atoms with Crippen LogP contribution in [0.2, 0.25) is 0 Å². The van der Waals surface area contributed by atoms with E-state index in [1.807, 2.05) is 0 Å². The number of nitrogens with zero attached hydrogens (tertiary/aromatic N) is 1. The zero-order valence-electron chi connectivity index (χ0n) is 8.61. The van der Waals surface area contributed by atoms with Crippen LogP contribution in [-0.2, 0) is 11.2 Å². The molecule has 0 N–H and O–H groups in total. The van der Waals surface area contributed by atoms with Gasteiger partial charge in [0.2, 0.25) is 0 Å². The Morgan fingerprint density at radius 1 is 1.40 bits per heavy atom. The van der Waals surface area contributed by atoms with Gasteiger partial charge in [-0.2, -0.15) is 0 Å². The van der Waals surface area contributed by atoms with Gasteiger partial charge in [0.15, 0.2) is 0 Å². The third-order valence-electron chi connectivity index (χ3n) is 2.39. The molecule has 0 radical (unpaired) electrons. The summed E-state index contributed by atoms with van der Waals surface area (Å²) in [6.07, 6.45) is 2.41. The molecule has 0 aromatic heterocycles. The predicted molar refractivity (Wildman–Crippen MR) is 56.2 cm³/mol. The van der Waals surface area contributed by atoms with Crippen LogP contribution in [0.4, 0.5) is 5.69 Å². The van der Waals surface area contributed by atoms with Crippen LogP contribution in [0.25, 0.3) is 0 Å². The standard InChI is InChI=1S/C11H11NO3/c1-14-9-4-3-8(11(13)15-2)7-5-6-12-10(7)9/h3-4,6H,5H2,1-2H3. The molecule has 0 amide bonds. The number of hydrogen-bond acceptors (Lipinski definition) is 4. The molecule has 4 heteroatoms. The van der Waals surface area contributed by atoms with Crippen LogP contribution in [0, 0.1) is 0 Å². The first-order valence-corrected chi connectivity index (χ1v) is 4.58. The average molecular weight is 205 g/mol. The zero-order valence-corrected chi connectivity index (χ0v) is 8.61. The molecule has 0 saturated heterocycles. The molecule has 1 aliphatic heterocycles. The predicted octanol–water partition coefficient (Wildman–Crippen LogP) is 1.74. The van der Waals surface area contributed by atoms with Crippen molar-refractivity contribution in [3.05, 3.63) is 23.3 Å². The minimum absolute atomic E-state index is 0.334. The Balaban J connectivity index is 2.54. The number of ether oxygens (including phenoxy) is 2. The first kappa shape index (κ1) is 9.71. The van der Waals surface area contributed by atoms with Crippen LogP contribution < -0.4 is 4.74 Å². The van der Waals surface area contributed by atoms with Gasteiger partial charge in [0.1, 0.15) is 11.4 Å². The third-order valence-corrected chi connectivity index (χ3v) is 2.39. The van der Waals surface area contributed by atoms with Gasteiger partial charge < -0.3 is 9.47 Å². The summed E-state index contributed by atoms with van der Waals surface area (Å²) in [5.74, 6) is 0.353. The van der Waals surface area contributed by atoms with E-state index in [2.05, 4.69) is 4.99 Å². The highest BCUT2D eigenvalue weighted by Gasteiger charge is 2.20. The third kappa shape index (κ3) is 1.48. The van der Waals surface area contributed by atoms with Crippen LogP contribution in [0.3, 0.4) is 0 Å². The molecule has 4 nitrogen and oxygen atoms in total. The second-order valence-electron chi connectivity index (χ2n) is 3.15. The Morgan fingerprint density at radius 3 is 2.87 bits per heavy atom. The molecule has 2 rings (SSSR count). The van der Waals surface area contributed by atoms with Gasteiger partial charge in [-0.15, -0.1) is 0 Å². The van der Waals surface area contributed by atoms with Crippen LogP contribution in [0.15, 0.2) is 17.1 Å². The molecule has 0 saturated carbocycles. The molecule has 1 aliphatic rings. The largest absolute Gasteiger partial charge is 0.494 e. The summed E-state index contributed by atoms with van der Waals surface area (Å²) in [6, 6.07) is 3.44. The van der Waals surface area contributed by atoms with Crippen molar-refractivity contribution in [1.82, 2.24) is 0 Å². The molecular weight excluding hydrogens is 194 g/mol. The lowest BCUT2D eigenvalue weighted by atomic mass is 10.0. The molecule has 15 heavy (non-hydrogen) atoms. The summed E-state index contributed by atoms with van der Waals surface area (Å²) in [5, 5.41) is 0. The quantitative estimate of drug-likeness (QED) is 0.691. The van der Waals surface area contributed by atoms with Gasteiger partial charge in [-0.1, -0.05) is 0 Å². The summed E-state index contributed by atoms with van der Waals surface area (Å²) in [4.78, 5) is 15.6. The van der Waals surface area contributed by atoms with Crippen molar-refractivity contribution in [2.24, 2.45) is 4.99 Å². The number of carbonyl (C=O) groups is 1. The number of hydrogen-bond donors (Lipinski definition) is 0. The normalized spacial score (nSPS) is 12.4. The summed E-state index contributed by atoms with van der Waals surface area (Å²) >= 11 is 0. The van der Waals surface area contributed by atoms with E-state index in [1.54, 1.807) is 25.5 Å². The Hall–Kier alpha value is -1.84. The highest BCUT2D eigenvalue weighted by molar-refractivity contribution is 5.96. The van der Waals surface area contributed by atoms with Gasteiger partial charge in [0, 0.05) is 18.2 Å². The van der Waals surface area contributed by atoms with Gasteiger partial charge >= 0.3 is 5.97 Å². The maximum Gasteiger partial charge on any atom is 0.338 e. The van der Waals surface area contributed by atoms with Crippen LogP contribution in [-0.4, -0.2) is 26.4 Å². The molecule has 0 atom stereocenters. The van der Waals surface area contributed by atoms with Gasteiger partial charge in [-0.05, 0) is 12.1 Å². The lowest BCUT2D eigenvalue weighted by molar-refractivity contribution is 0.0600. The summed E-state index contributed by atoms with van der Waals surface area (Å²) in [6.45, 7) is 0. The fourth-order valence-electron chi connectivity index (χ4n) is 1.66. The number of fused-ring (bicyclic) bond motifs is 1. The van der Waals surface area contributed by atoms with Crippen LogP contribution in [0.1, 0.15) is 15.9 Å². The second-order valence-corrected chi connectivity index (χ2v) is 3.15. The van der Waals surface area contributed by atoms with E-state index in [0.29, 0.717) is 17.7 Å². The van der Waals surface area contributed by atoms with Crippen LogP contribution >= 0.6 is 0 Å². The van der Waals surface area contributed by atoms with Crippen molar-refractivity contribution in [3.63, 3.8) is 0 Å². The molecule has 1 aromatic carbocycles. The molecule has 0 bridgehead atoms. The maximum atomic E-state index is 11.5. The van der Waals surface area contributed by atoms with Gasteiger partial charge in [0.25, 0.3) is 0 Å². The van der Waals surface area contributed by atoms with Crippen molar-refractivity contribution in [2.75, 3.05) is 14.2 Å². The smallest absolute Gasteiger partial charge is 0.338 e. The van der Waals surface area contributed by atoms with Crippen molar-refractivity contribution >= 4 is 17.9 Å². The van der Waals surface area contributed by atoms with Crippen molar-refractivity contribution in [2.45, 2.75) is 6.42 Å². The minimum atomic E-state index is -0.334. The van der Waals surface area contributed by atoms with Crippen LogP contribution in [0.5, 0.6) is 5.75 Å². The van der Waals surface area contributed by atoms with E-state index in [-0.39, 0.29) is 5.97 Å². The summed E-state index contributed by atoms with van der Waals surface area (Å²) in [5.41, 5.74) is 2.17. The number of aliphatic imine (C=N–C) groups is 1. The Bertz CT molecular complexity index is 438. The number of benzene rings is 1. The molecule has 0 spiro atoms. The zero-order chi connectivity index (χ0) is 10.8. The van der Waals surface area contributed by atoms with E-state index < -0.39 is 0 Å². The molecule has 1 aromatic rings. The minimum Gasteiger partial charge on any atom is -0.494 e. The molecule has 78 valence electrons. The van der Waals surface area contributed by atoms with Gasteiger partial charge in [-0.25, -0.2) is 4.79 Å². The topological polar surface area (TPSA) is 47.9 Å². The first-order chi connectivity index (χ1) is 7.27. The number of esters is 1. The maximum absolute atomic E-state index is 11.5. The lowest BCUT2D eigenvalue weighted by Gasteiger charge is -2.09. The van der Waals surface area contributed by atoms with Gasteiger partial charge in [0.05, 0.1) is 19.8 Å². The van der Waals surface area contributed by atoms with Crippen molar-refractivity contribution in [1.29, 1.82) is 0 Å². The van der Waals surface area contributed by atoms with E-state index in [1.165, 1.54) is 7.11 Å². The SMILES string of the molecule is COC(=O)c1ccc(OC)c2c1CC=N2. The van der Waals surface area contributed by atoms with E-state index in [9.17, 15) is 4.79 Å². The Kier molecular flexibility index (Phi) is 2.41. The fourth-order valence-corrected chi connectivity index (χ4v) is 1.66. The molecule has 0 unspecified atom stereocenters. The van der Waals surface area contributed by atoms with Crippen molar-refractivity contribution < 1.29 is 14.3 Å². The van der Waals surface area contributed by atoms with E-state index >= 15 is 0 Å². The monoisotopic (exact) mass is 205 g/mol. The number of rotatable bonds is 2. The number of carbonyl (C=O) groups excluding carboxylic acids is 1. The van der Waals surface area contributed by atoms with Gasteiger partial charge in [-0.3, -0.25) is 4.99 Å². The highest BCUT2D eigenvalue weighted by Crippen LogP contribution is 2.36. The fraction of sp³-hybridized carbons (Fsp3) is 0.273. The van der Waals surface area contributed by atoms with E-state index in [0.717, 1.165) is 11.3 Å². The Labute approximate surface area is 87.5 Å². The summed E-state index contributed by atoms with van der Waals surface area (Å²) < 4.78 is 9.86. The average Bonchev–Trinajstić information content (AvgIpc) is 2.75. The van der Waals surface area contributed by atoms with E-state index in [4.69, 9.17) is 9.47 Å². The summed E-state index contributed by atoms with van der Waals surface area (Å²) in [7, 11) is 2.95. The molecule has 1 heterocycles. The second kappa shape index (κ2) is 3.73. The molecule has 0 aliphatic carbocycles. The van der Waals surface area contributed by atoms with Crippen molar-refractivity contribution in [3.8, 4) is 5.75 Å². The molecule has 0 fully saturated rings. The lowest BCUT2D eigenvalue weighted by Crippen LogP contribution is -2.05. The Morgan fingerprint density at radius 2 is 2.20 bits per heavy atom. The first-order valence-electron chi connectivity index (χ1n) is 4.58. The highest BCUT2D eigenvalue weighted by atomic mass is 16.5. The molecular formula is C11H11NO3.